The van der Waals surface area contributed by atoms with Gasteiger partial charge in [0.2, 0.25) is 0 Å². The summed E-state index contributed by atoms with van der Waals surface area (Å²) >= 11 is 0. The first-order chi connectivity index (χ1) is 8.29. The van der Waals surface area contributed by atoms with Crippen LogP contribution in [0.2, 0.25) is 0 Å². The number of nitriles is 1. The zero-order chi connectivity index (χ0) is 12.1. The van der Waals surface area contributed by atoms with Crippen LogP contribution in [0, 0.1) is 11.3 Å². The van der Waals surface area contributed by atoms with Gasteiger partial charge in [0.05, 0.1) is 12.0 Å². The summed E-state index contributed by atoms with van der Waals surface area (Å²) in [5.74, 6) is -0.0397. The molecular formula is C14H19N3. The van der Waals surface area contributed by atoms with E-state index >= 15 is 0 Å². The van der Waals surface area contributed by atoms with Gasteiger partial charge in [-0.05, 0) is 25.6 Å². The molecule has 17 heavy (non-hydrogen) atoms. The second-order valence-electron chi connectivity index (χ2n) is 4.75. The number of nitrogens with zero attached hydrogens (tertiary/aromatic N) is 2. The van der Waals surface area contributed by atoms with Gasteiger partial charge in [-0.25, -0.2) is 0 Å². The fourth-order valence-corrected chi connectivity index (χ4v) is 2.31. The number of likely N-dealkylation sites (tertiary alicyclic amines) is 1. The molecule has 2 unspecified atom stereocenters. The van der Waals surface area contributed by atoms with Gasteiger partial charge in [-0.1, -0.05) is 30.3 Å². The van der Waals surface area contributed by atoms with Crippen molar-refractivity contribution in [3.63, 3.8) is 0 Å². The molecule has 0 radical (unpaired) electrons. The van der Waals surface area contributed by atoms with E-state index in [4.69, 9.17) is 0 Å². The molecule has 0 saturated carbocycles. The van der Waals surface area contributed by atoms with Crippen molar-refractivity contribution < 1.29 is 0 Å². The Hall–Kier alpha value is -1.37. The maximum atomic E-state index is 9.20. The quantitative estimate of drug-likeness (QED) is 0.852. The predicted molar refractivity (Wildman–Crippen MR) is 68.7 cm³/mol. The molecule has 1 aliphatic heterocycles. The van der Waals surface area contributed by atoms with Crippen molar-refractivity contribution in [3.05, 3.63) is 35.9 Å². The van der Waals surface area contributed by atoms with Gasteiger partial charge in [0.1, 0.15) is 0 Å². The first-order valence-electron chi connectivity index (χ1n) is 6.16. The predicted octanol–water partition coefficient (Wildman–Crippen LogP) is 1.59. The monoisotopic (exact) mass is 229 g/mol. The lowest BCUT2D eigenvalue weighted by atomic mass is 10.0. The van der Waals surface area contributed by atoms with E-state index in [0.29, 0.717) is 6.04 Å². The summed E-state index contributed by atoms with van der Waals surface area (Å²) in [7, 11) is 2.14. The van der Waals surface area contributed by atoms with E-state index in [-0.39, 0.29) is 5.92 Å². The van der Waals surface area contributed by atoms with Crippen LogP contribution in [0.5, 0.6) is 0 Å². The molecule has 1 N–H and O–H groups in total. The molecular weight excluding hydrogens is 210 g/mol. The lowest BCUT2D eigenvalue weighted by Crippen LogP contribution is -2.34. The van der Waals surface area contributed by atoms with Crippen molar-refractivity contribution in [2.45, 2.75) is 18.4 Å². The minimum Gasteiger partial charge on any atom is -0.311 e. The second-order valence-corrected chi connectivity index (χ2v) is 4.75. The molecule has 2 rings (SSSR count). The molecule has 1 heterocycles. The van der Waals surface area contributed by atoms with Gasteiger partial charge < -0.3 is 10.2 Å². The van der Waals surface area contributed by atoms with Gasteiger partial charge >= 0.3 is 0 Å². The second kappa shape index (κ2) is 5.81. The van der Waals surface area contributed by atoms with Gasteiger partial charge in [0, 0.05) is 19.1 Å². The van der Waals surface area contributed by atoms with Crippen molar-refractivity contribution in [3.8, 4) is 6.07 Å². The minimum atomic E-state index is -0.0397. The Morgan fingerprint density at radius 3 is 2.82 bits per heavy atom. The summed E-state index contributed by atoms with van der Waals surface area (Å²) in [6.45, 7) is 2.99. The normalized spacial score (nSPS) is 22.2. The summed E-state index contributed by atoms with van der Waals surface area (Å²) in [6.07, 6.45) is 1.18. The highest BCUT2D eigenvalue weighted by Gasteiger charge is 2.20. The smallest absolute Gasteiger partial charge is 0.0837 e. The van der Waals surface area contributed by atoms with Gasteiger partial charge in [-0.3, -0.25) is 0 Å². The van der Waals surface area contributed by atoms with Crippen molar-refractivity contribution in [1.82, 2.24) is 10.2 Å². The molecule has 0 spiro atoms. The van der Waals surface area contributed by atoms with E-state index in [1.54, 1.807) is 0 Å². The lowest BCUT2D eigenvalue weighted by Gasteiger charge is -2.15. The lowest BCUT2D eigenvalue weighted by molar-refractivity contribution is 0.397. The van der Waals surface area contributed by atoms with E-state index in [0.717, 1.165) is 25.2 Å². The molecule has 1 fully saturated rings. The fraction of sp³-hybridized carbons (Fsp3) is 0.500. The summed E-state index contributed by atoms with van der Waals surface area (Å²) < 4.78 is 0. The summed E-state index contributed by atoms with van der Waals surface area (Å²) in [5, 5.41) is 12.7. The van der Waals surface area contributed by atoms with Crippen molar-refractivity contribution >= 4 is 0 Å². The molecule has 90 valence electrons. The van der Waals surface area contributed by atoms with Crippen molar-refractivity contribution in [2.24, 2.45) is 0 Å². The molecule has 1 aromatic rings. The van der Waals surface area contributed by atoms with Crippen LogP contribution in [0.15, 0.2) is 30.3 Å². The van der Waals surface area contributed by atoms with E-state index in [9.17, 15) is 5.26 Å². The van der Waals surface area contributed by atoms with Crippen LogP contribution in [0.4, 0.5) is 0 Å². The Morgan fingerprint density at radius 2 is 2.24 bits per heavy atom. The maximum absolute atomic E-state index is 9.20. The number of hydrogen-bond donors (Lipinski definition) is 1. The standard InChI is InChI=1S/C14H19N3/c1-17-8-7-14(11-17)16-10-13(9-15)12-5-3-2-4-6-12/h2-6,13-14,16H,7-8,10-11H2,1H3. The summed E-state index contributed by atoms with van der Waals surface area (Å²) in [5.41, 5.74) is 1.11. The molecule has 2 atom stereocenters. The van der Waals surface area contributed by atoms with Crippen LogP contribution in [0.1, 0.15) is 17.9 Å². The number of hydrogen-bond acceptors (Lipinski definition) is 3. The molecule has 1 aliphatic rings. The van der Waals surface area contributed by atoms with E-state index in [1.807, 2.05) is 30.3 Å². The Morgan fingerprint density at radius 1 is 1.47 bits per heavy atom. The Balaban J connectivity index is 1.87. The Bertz CT molecular complexity index is 382. The first-order valence-corrected chi connectivity index (χ1v) is 6.16. The molecule has 0 aromatic heterocycles. The third kappa shape index (κ3) is 3.29. The van der Waals surface area contributed by atoms with Crippen LogP contribution in [-0.4, -0.2) is 37.6 Å². The Kier molecular flexibility index (Phi) is 4.13. The molecule has 3 heteroatoms. The molecule has 1 aromatic carbocycles. The fourth-order valence-electron chi connectivity index (χ4n) is 2.31. The molecule has 1 saturated heterocycles. The largest absolute Gasteiger partial charge is 0.311 e. The topological polar surface area (TPSA) is 39.1 Å². The van der Waals surface area contributed by atoms with Crippen LogP contribution in [-0.2, 0) is 0 Å². The summed E-state index contributed by atoms with van der Waals surface area (Å²) in [6, 6.07) is 12.9. The van der Waals surface area contributed by atoms with Gasteiger partial charge in [0.15, 0.2) is 0 Å². The molecule has 0 bridgehead atoms. The number of likely N-dealkylation sites (N-methyl/N-ethyl adjacent to an activating group) is 1. The molecule has 0 aliphatic carbocycles. The third-order valence-electron chi connectivity index (χ3n) is 3.36. The highest BCUT2D eigenvalue weighted by molar-refractivity contribution is 5.25. The molecule has 0 amide bonds. The number of rotatable bonds is 4. The highest BCUT2D eigenvalue weighted by Crippen LogP contribution is 2.14. The van der Waals surface area contributed by atoms with E-state index in [1.165, 1.54) is 6.42 Å². The minimum absolute atomic E-state index is 0.0397. The summed E-state index contributed by atoms with van der Waals surface area (Å²) in [4.78, 5) is 2.32. The van der Waals surface area contributed by atoms with Crippen LogP contribution in [0.25, 0.3) is 0 Å². The number of benzene rings is 1. The first kappa shape index (κ1) is 12.1. The highest BCUT2D eigenvalue weighted by atomic mass is 15.2. The zero-order valence-corrected chi connectivity index (χ0v) is 10.3. The Labute approximate surface area is 103 Å². The average molecular weight is 229 g/mol. The van der Waals surface area contributed by atoms with Gasteiger partial charge in [0.25, 0.3) is 0 Å². The van der Waals surface area contributed by atoms with Crippen LogP contribution >= 0.6 is 0 Å². The SMILES string of the molecule is CN1CCC(NCC(C#N)c2ccccc2)C1. The number of nitrogens with one attached hydrogen (secondary N) is 1. The van der Waals surface area contributed by atoms with Gasteiger partial charge in [-0.15, -0.1) is 0 Å². The zero-order valence-electron chi connectivity index (χ0n) is 10.3. The molecule has 3 nitrogen and oxygen atoms in total. The van der Waals surface area contributed by atoms with Crippen LogP contribution in [0.3, 0.4) is 0 Å². The van der Waals surface area contributed by atoms with Crippen LogP contribution < -0.4 is 5.32 Å². The third-order valence-corrected chi connectivity index (χ3v) is 3.36. The van der Waals surface area contributed by atoms with E-state index in [2.05, 4.69) is 23.3 Å². The average Bonchev–Trinajstić information content (AvgIpc) is 2.77. The maximum Gasteiger partial charge on any atom is 0.0837 e. The van der Waals surface area contributed by atoms with Crippen molar-refractivity contribution in [1.29, 1.82) is 5.26 Å². The van der Waals surface area contributed by atoms with Gasteiger partial charge in [-0.2, -0.15) is 5.26 Å². The van der Waals surface area contributed by atoms with E-state index < -0.39 is 0 Å². The van der Waals surface area contributed by atoms with Crippen molar-refractivity contribution in [2.75, 3.05) is 26.7 Å².